The number of benzene rings is 1. The number of hydrogen-bond acceptors (Lipinski definition) is 7. The molecule has 1 saturated carbocycles. The minimum atomic E-state index is -2.86. The number of carbonyl (C=O) groups is 1. The third-order valence-corrected chi connectivity index (χ3v) is 8.31. The molecule has 3 aromatic heterocycles. The number of carbonyl (C=O) groups excluding carboxylic acids is 1. The Morgan fingerprint density at radius 2 is 1.90 bits per heavy atom. The fraction of sp³-hybridized carbons (Fsp3) is 0.429. The average Bonchev–Trinajstić information content (AvgIpc) is 3.57. The predicted octanol–water partition coefficient (Wildman–Crippen LogP) is 4.38. The molecule has 5 heterocycles. The van der Waals surface area contributed by atoms with Crippen LogP contribution in [0.15, 0.2) is 53.2 Å². The summed E-state index contributed by atoms with van der Waals surface area (Å²) in [6.07, 6.45) is 2.92. The zero-order chi connectivity index (χ0) is 28.1. The van der Waals surface area contributed by atoms with Crippen molar-refractivity contribution in [2.45, 2.75) is 31.9 Å². The Balaban J connectivity index is 1.08. The van der Waals surface area contributed by atoms with Gasteiger partial charge >= 0.3 is 12.5 Å². The summed E-state index contributed by atoms with van der Waals surface area (Å²) in [4.78, 5) is 24.3. The van der Waals surface area contributed by atoms with Crippen molar-refractivity contribution in [1.82, 2.24) is 29.4 Å². The summed E-state index contributed by atoms with van der Waals surface area (Å²) in [5, 5.41) is 7.07. The Labute approximate surface area is 233 Å². The molecule has 41 heavy (non-hydrogen) atoms. The van der Waals surface area contributed by atoms with E-state index in [1.807, 2.05) is 4.90 Å². The van der Waals surface area contributed by atoms with E-state index in [0.717, 1.165) is 39.1 Å². The number of urea groups is 1. The number of fused-ring (bicyclic) bond motifs is 1. The van der Waals surface area contributed by atoms with Crippen LogP contribution in [0.4, 0.5) is 23.7 Å². The first-order valence-corrected chi connectivity index (χ1v) is 13.6. The van der Waals surface area contributed by atoms with Crippen molar-refractivity contribution in [3.8, 4) is 11.5 Å². The van der Waals surface area contributed by atoms with Crippen LogP contribution in [0, 0.1) is 11.2 Å². The first kappa shape index (κ1) is 26.0. The second kappa shape index (κ2) is 10.1. The summed E-state index contributed by atoms with van der Waals surface area (Å²) in [5.41, 5.74) is 2.34. The molecule has 4 aromatic rings. The summed E-state index contributed by atoms with van der Waals surface area (Å²) in [5.74, 6) is -1.23. The number of ether oxygens (including phenoxy) is 1. The third-order valence-electron chi connectivity index (χ3n) is 8.31. The molecule has 0 radical (unpaired) electrons. The van der Waals surface area contributed by atoms with Crippen LogP contribution in [0.25, 0.3) is 17.1 Å². The summed E-state index contributed by atoms with van der Waals surface area (Å²) in [6.45, 7) is 4.61. The van der Waals surface area contributed by atoms with Crippen molar-refractivity contribution in [2.24, 2.45) is 5.41 Å². The van der Waals surface area contributed by atoms with Gasteiger partial charge in [0.2, 0.25) is 5.89 Å². The van der Waals surface area contributed by atoms with Gasteiger partial charge in [-0.25, -0.2) is 14.2 Å². The van der Waals surface area contributed by atoms with Gasteiger partial charge < -0.3 is 18.5 Å². The topological polar surface area (TPSA) is 92.2 Å². The van der Waals surface area contributed by atoms with Gasteiger partial charge in [0, 0.05) is 61.3 Å². The zero-order valence-corrected chi connectivity index (χ0v) is 22.1. The number of anilines is 1. The van der Waals surface area contributed by atoms with Crippen molar-refractivity contribution in [3.05, 3.63) is 66.2 Å². The van der Waals surface area contributed by atoms with Crippen molar-refractivity contribution in [3.63, 3.8) is 0 Å². The van der Waals surface area contributed by atoms with Crippen LogP contribution >= 0.6 is 0 Å². The molecule has 2 aliphatic heterocycles. The largest absolute Gasteiger partial charge is 0.415 e. The van der Waals surface area contributed by atoms with Crippen molar-refractivity contribution in [1.29, 1.82) is 0 Å². The van der Waals surface area contributed by atoms with Crippen LogP contribution in [-0.4, -0.2) is 80.8 Å². The number of amides is 2. The lowest BCUT2D eigenvalue weighted by molar-refractivity contribution is -0.186. The first-order chi connectivity index (χ1) is 19.9. The summed E-state index contributed by atoms with van der Waals surface area (Å²) >= 11 is 0. The van der Waals surface area contributed by atoms with E-state index in [2.05, 4.69) is 20.1 Å². The lowest BCUT2D eigenvalue weighted by Crippen LogP contribution is -2.63. The Kier molecular flexibility index (Phi) is 6.42. The second-order valence-corrected chi connectivity index (χ2v) is 11.1. The standard InChI is InChI=1S/C28H28F3N7O3/c29-19-2-1-3-21(11-19)38(27(39)36-8-6-35(7-9-36)22-12-28(13-22)16-40-17-28)15-20-14-37-5-4-18(10-23(37)32-20)25-33-34-26(41-25)24(30)31/h1-5,10-11,14,22,24H,6-9,12-13,15-17H2. The van der Waals surface area contributed by atoms with E-state index in [4.69, 9.17) is 9.15 Å². The number of nitrogens with zero attached hydrogens (tertiary/aromatic N) is 7. The minimum absolute atomic E-state index is 0.0406. The molecule has 2 amide bonds. The van der Waals surface area contributed by atoms with Gasteiger partial charge in [-0.05, 0) is 43.2 Å². The maximum absolute atomic E-state index is 14.2. The maximum Gasteiger partial charge on any atom is 0.324 e. The highest BCUT2D eigenvalue weighted by Gasteiger charge is 2.51. The van der Waals surface area contributed by atoms with Crippen LogP contribution in [0.3, 0.4) is 0 Å². The second-order valence-electron chi connectivity index (χ2n) is 11.1. The molecule has 7 rings (SSSR count). The SMILES string of the molecule is O=C(N1CCN(C2CC3(COC3)C2)CC1)N(Cc1cn2ccc(-c3nnc(C(F)F)o3)cc2n1)c1cccc(F)c1. The molecule has 0 N–H and O–H groups in total. The molecule has 3 fully saturated rings. The molecule has 1 aliphatic carbocycles. The van der Waals surface area contributed by atoms with E-state index >= 15 is 0 Å². The van der Waals surface area contributed by atoms with Crippen molar-refractivity contribution in [2.75, 3.05) is 44.3 Å². The monoisotopic (exact) mass is 567 g/mol. The molecular formula is C28H28F3N7O3. The van der Waals surface area contributed by atoms with Gasteiger partial charge in [0.25, 0.3) is 5.89 Å². The fourth-order valence-corrected chi connectivity index (χ4v) is 6.03. The number of imidazole rings is 1. The number of alkyl halides is 2. The van der Waals surface area contributed by atoms with Crippen LogP contribution in [0.2, 0.25) is 0 Å². The molecule has 10 nitrogen and oxygen atoms in total. The smallest absolute Gasteiger partial charge is 0.324 e. The van der Waals surface area contributed by atoms with Crippen LogP contribution in [0.5, 0.6) is 0 Å². The molecule has 3 aliphatic rings. The predicted molar refractivity (Wildman–Crippen MR) is 141 cm³/mol. The van der Waals surface area contributed by atoms with E-state index < -0.39 is 18.1 Å². The first-order valence-electron chi connectivity index (χ1n) is 13.6. The van der Waals surface area contributed by atoms with Gasteiger partial charge in [-0.15, -0.1) is 10.2 Å². The normalized spacial score (nSPS) is 19.1. The number of pyridine rings is 1. The van der Waals surface area contributed by atoms with E-state index in [0.29, 0.717) is 47.1 Å². The Bertz CT molecular complexity index is 1570. The molecule has 0 bridgehead atoms. The highest BCUT2D eigenvalue weighted by atomic mass is 19.3. The van der Waals surface area contributed by atoms with Crippen LogP contribution < -0.4 is 4.90 Å². The van der Waals surface area contributed by atoms with E-state index in [9.17, 15) is 18.0 Å². The van der Waals surface area contributed by atoms with Gasteiger partial charge in [0.1, 0.15) is 11.5 Å². The molecule has 2 saturated heterocycles. The number of piperazine rings is 1. The molecular weight excluding hydrogens is 539 g/mol. The number of rotatable bonds is 6. The van der Waals surface area contributed by atoms with Gasteiger partial charge in [-0.2, -0.15) is 8.78 Å². The van der Waals surface area contributed by atoms with Crippen molar-refractivity contribution < 1.29 is 27.1 Å². The van der Waals surface area contributed by atoms with Gasteiger partial charge in [-0.1, -0.05) is 6.07 Å². The maximum atomic E-state index is 14.2. The summed E-state index contributed by atoms with van der Waals surface area (Å²) < 4.78 is 52.2. The molecule has 0 unspecified atom stereocenters. The summed E-state index contributed by atoms with van der Waals surface area (Å²) in [6, 6.07) is 9.59. The molecule has 214 valence electrons. The highest BCUT2D eigenvalue weighted by Crippen LogP contribution is 2.49. The van der Waals surface area contributed by atoms with E-state index in [1.165, 1.54) is 12.1 Å². The van der Waals surface area contributed by atoms with Gasteiger partial charge in [0.15, 0.2) is 0 Å². The highest BCUT2D eigenvalue weighted by molar-refractivity contribution is 5.92. The Hall–Kier alpha value is -3.97. The number of aromatic nitrogens is 4. The molecule has 1 aromatic carbocycles. The van der Waals surface area contributed by atoms with Crippen LogP contribution in [0.1, 0.15) is 30.9 Å². The summed E-state index contributed by atoms with van der Waals surface area (Å²) in [7, 11) is 0. The zero-order valence-electron chi connectivity index (χ0n) is 22.1. The van der Waals surface area contributed by atoms with Crippen molar-refractivity contribution >= 4 is 17.4 Å². The number of hydrogen-bond donors (Lipinski definition) is 0. The Morgan fingerprint density at radius 1 is 1.10 bits per heavy atom. The average molecular weight is 568 g/mol. The lowest BCUT2D eigenvalue weighted by atomic mass is 9.63. The lowest BCUT2D eigenvalue weighted by Gasteiger charge is -2.57. The minimum Gasteiger partial charge on any atom is -0.415 e. The van der Waals surface area contributed by atoms with Gasteiger partial charge in [-0.3, -0.25) is 9.80 Å². The van der Waals surface area contributed by atoms with E-state index in [1.54, 1.807) is 46.0 Å². The molecule has 0 atom stereocenters. The molecule has 13 heteroatoms. The third kappa shape index (κ3) is 4.93. The Morgan fingerprint density at radius 3 is 2.59 bits per heavy atom. The van der Waals surface area contributed by atoms with Crippen LogP contribution in [-0.2, 0) is 11.3 Å². The van der Waals surface area contributed by atoms with E-state index in [-0.39, 0.29) is 18.5 Å². The fourth-order valence-electron chi connectivity index (χ4n) is 6.03. The van der Waals surface area contributed by atoms with Gasteiger partial charge in [0.05, 0.1) is 25.5 Å². The number of halogens is 3. The molecule has 1 spiro atoms. The quantitative estimate of drug-likeness (QED) is 0.341.